The highest BCUT2D eigenvalue weighted by Gasteiger charge is 2.28. The van der Waals surface area contributed by atoms with Gasteiger partial charge in [0.15, 0.2) is 0 Å². The molecule has 14 heavy (non-hydrogen) atoms. The average molecular weight is 206 g/mol. The van der Waals surface area contributed by atoms with E-state index in [2.05, 4.69) is 11.1 Å². The summed E-state index contributed by atoms with van der Waals surface area (Å²) >= 11 is 1.49. The van der Waals surface area contributed by atoms with E-state index in [1.165, 1.54) is 11.3 Å². The number of ether oxygens (including phenoxy) is 1. The zero-order chi connectivity index (χ0) is 10.2. The Bertz CT molecular complexity index is 426. The van der Waals surface area contributed by atoms with Crippen LogP contribution in [0.2, 0.25) is 0 Å². The molecule has 0 aromatic carbocycles. The van der Waals surface area contributed by atoms with E-state index >= 15 is 0 Å². The fourth-order valence-electron chi connectivity index (χ4n) is 1.26. The van der Waals surface area contributed by atoms with Gasteiger partial charge in [-0.25, -0.2) is 4.99 Å². The van der Waals surface area contributed by atoms with Crippen LogP contribution in [0.1, 0.15) is 24.3 Å². The molecule has 72 valence electrons. The topological polar surface area (TPSA) is 45.4 Å². The molecule has 1 aliphatic heterocycles. The summed E-state index contributed by atoms with van der Waals surface area (Å²) in [6, 6.07) is 3.92. The monoisotopic (exact) mass is 206 g/mol. The van der Waals surface area contributed by atoms with E-state index in [4.69, 9.17) is 10.00 Å². The fraction of sp³-hybridized carbons (Fsp3) is 0.400. The summed E-state index contributed by atoms with van der Waals surface area (Å²) in [5.41, 5.74) is 0.484. The fourth-order valence-corrected chi connectivity index (χ4v) is 2.05. The molecule has 0 saturated heterocycles. The van der Waals surface area contributed by atoms with Gasteiger partial charge in [0.05, 0.1) is 11.1 Å². The van der Waals surface area contributed by atoms with Crippen molar-refractivity contribution >= 4 is 17.2 Å². The average Bonchev–Trinajstić information content (AvgIpc) is 2.70. The van der Waals surface area contributed by atoms with Crippen molar-refractivity contribution in [3.05, 3.63) is 21.9 Å². The lowest BCUT2D eigenvalue weighted by molar-refractivity contribution is 0.280. The number of nitrogens with zero attached hydrogens (tertiary/aromatic N) is 2. The summed E-state index contributed by atoms with van der Waals surface area (Å²) in [4.78, 5) is 5.27. The number of hydrogen-bond acceptors (Lipinski definition) is 4. The van der Waals surface area contributed by atoms with E-state index in [0.717, 1.165) is 4.88 Å². The molecule has 0 N–H and O–H groups in total. The van der Waals surface area contributed by atoms with Gasteiger partial charge in [0.25, 0.3) is 0 Å². The summed E-state index contributed by atoms with van der Waals surface area (Å²) in [6.45, 7) is 4.62. The van der Waals surface area contributed by atoms with Crippen LogP contribution in [0.4, 0.5) is 0 Å². The lowest BCUT2D eigenvalue weighted by atomic mass is 10.1. The molecule has 0 fully saturated rings. The molecule has 1 aromatic rings. The van der Waals surface area contributed by atoms with Gasteiger partial charge >= 0.3 is 0 Å². The third-order valence-corrected chi connectivity index (χ3v) is 2.85. The zero-order valence-corrected chi connectivity index (χ0v) is 8.89. The smallest absolute Gasteiger partial charge is 0.228 e. The Morgan fingerprint density at radius 3 is 3.00 bits per heavy atom. The van der Waals surface area contributed by atoms with Crippen molar-refractivity contribution in [1.29, 1.82) is 5.26 Å². The highest BCUT2D eigenvalue weighted by Crippen LogP contribution is 2.25. The van der Waals surface area contributed by atoms with Crippen LogP contribution < -0.4 is 0 Å². The minimum atomic E-state index is -0.161. The third-order valence-electron chi connectivity index (χ3n) is 1.95. The molecule has 0 radical (unpaired) electrons. The van der Waals surface area contributed by atoms with Crippen molar-refractivity contribution in [3.63, 3.8) is 0 Å². The zero-order valence-electron chi connectivity index (χ0n) is 8.07. The van der Waals surface area contributed by atoms with Crippen molar-refractivity contribution < 1.29 is 4.74 Å². The van der Waals surface area contributed by atoms with Gasteiger partial charge in [0, 0.05) is 0 Å². The van der Waals surface area contributed by atoms with Crippen molar-refractivity contribution in [2.45, 2.75) is 19.4 Å². The van der Waals surface area contributed by atoms with Crippen LogP contribution >= 0.6 is 11.3 Å². The molecule has 2 heterocycles. The molecule has 2 rings (SSSR count). The summed E-state index contributed by atoms with van der Waals surface area (Å²) in [6.07, 6.45) is 0. The first kappa shape index (κ1) is 9.22. The van der Waals surface area contributed by atoms with Gasteiger partial charge in [-0.05, 0) is 25.3 Å². The minimum Gasteiger partial charge on any atom is -0.474 e. The van der Waals surface area contributed by atoms with Crippen molar-refractivity contribution in [2.75, 3.05) is 6.61 Å². The lowest BCUT2D eigenvalue weighted by Gasteiger charge is -2.07. The molecule has 4 heteroatoms. The van der Waals surface area contributed by atoms with Crippen LogP contribution in [-0.4, -0.2) is 18.0 Å². The van der Waals surface area contributed by atoms with Crippen LogP contribution in [0.3, 0.4) is 0 Å². The normalized spacial score (nSPS) is 18.5. The Morgan fingerprint density at radius 2 is 2.43 bits per heavy atom. The lowest BCUT2D eigenvalue weighted by Crippen LogP contribution is -2.17. The molecule has 1 aromatic heterocycles. The first-order chi connectivity index (χ1) is 6.62. The summed E-state index contributed by atoms with van der Waals surface area (Å²) < 4.78 is 5.46. The van der Waals surface area contributed by atoms with Gasteiger partial charge in [0.1, 0.15) is 17.6 Å². The molecule has 0 spiro atoms. The van der Waals surface area contributed by atoms with Gasteiger partial charge in [-0.15, -0.1) is 11.3 Å². The molecule has 0 bridgehead atoms. The van der Waals surface area contributed by atoms with Crippen LogP contribution in [0.5, 0.6) is 0 Å². The Hall–Kier alpha value is -1.34. The molecule has 0 atom stereocenters. The first-order valence-electron chi connectivity index (χ1n) is 4.33. The molecule has 0 saturated carbocycles. The second kappa shape index (κ2) is 3.10. The van der Waals surface area contributed by atoms with Crippen molar-refractivity contribution in [1.82, 2.24) is 0 Å². The Morgan fingerprint density at radius 1 is 1.64 bits per heavy atom. The molecular weight excluding hydrogens is 196 g/mol. The SMILES string of the molecule is CC1(C)COC(c2sccc2C#N)=N1. The van der Waals surface area contributed by atoms with E-state index in [9.17, 15) is 0 Å². The molecular formula is C10H10N2OS. The van der Waals surface area contributed by atoms with Crippen LogP contribution in [0.15, 0.2) is 16.4 Å². The van der Waals surface area contributed by atoms with E-state index < -0.39 is 0 Å². The Kier molecular flexibility index (Phi) is 2.05. The van der Waals surface area contributed by atoms with Crippen LogP contribution in [0, 0.1) is 11.3 Å². The maximum atomic E-state index is 8.84. The highest BCUT2D eigenvalue weighted by molar-refractivity contribution is 7.12. The van der Waals surface area contributed by atoms with Crippen molar-refractivity contribution in [3.8, 4) is 6.07 Å². The number of hydrogen-bond donors (Lipinski definition) is 0. The van der Waals surface area contributed by atoms with Crippen LogP contribution in [0.25, 0.3) is 0 Å². The van der Waals surface area contributed by atoms with E-state index in [1.54, 1.807) is 6.07 Å². The number of thiophene rings is 1. The van der Waals surface area contributed by atoms with Crippen molar-refractivity contribution in [2.24, 2.45) is 4.99 Å². The molecule has 0 unspecified atom stereocenters. The van der Waals surface area contributed by atoms with Gasteiger partial charge in [-0.2, -0.15) is 5.26 Å². The van der Waals surface area contributed by atoms with Gasteiger partial charge in [-0.1, -0.05) is 0 Å². The van der Waals surface area contributed by atoms with E-state index in [-0.39, 0.29) is 5.54 Å². The van der Waals surface area contributed by atoms with Gasteiger partial charge < -0.3 is 4.74 Å². The molecule has 0 amide bonds. The second-order valence-corrected chi connectivity index (χ2v) is 4.71. The quantitative estimate of drug-likeness (QED) is 0.707. The maximum Gasteiger partial charge on any atom is 0.228 e. The molecule has 1 aliphatic rings. The summed E-state index contributed by atoms with van der Waals surface area (Å²) in [5, 5.41) is 10.7. The predicted octanol–water partition coefficient (Wildman–Crippen LogP) is 2.18. The van der Waals surface area contributed by atoms with Crippen LogP contribution in [-0.2, 0) is 4.74 Å². The van der Waals surface area contributed by atoms with E-state index in [0.29, 0.717) is 18.1 Å². The molecule has 0 aliphatic carbocycles. The third kappa shape index (κ3) is 1.51. The number of nitriles is 1. The number of rotatable bonds is 1. The minimum absolute atomic E-state index is 0.161. The first-order valence-corrected chi connectivity index (χ1v) is 5.21. The summed E-state index contributed by atoms with van der Waals surface area (Å²) in [5.74, 6) is 0.613. The Balaban J connectivity index is 2.39. The van der Waals surface area contributed by atoms with Gasteiger partial charge in [0.2, 0.25) is 5.90 Å². The second-order valence-electron chi connectivity index (χ2n) is 3.79. The number of aliphatic imine (C=N–C) groups is 1. The van der Waals surface area contributed by atoms with Gasteiger partial charge in [-0.3, -0.25) is 0 Å². The van der Waals surface area contributed by atoms with E-state index in [1.807, 2.05) is 19.2 Å². The maximum absolute atomic E-state index is 8.84. The standard InChI is InChI=1S/C10H10N2OS/c1-10(2)6-13-9(12-10)8-7(5-11)3-4-14-8/h3-4H,6H2,1-2H3. The predicted molar refractivity (Wildman–Crippen MR) is 55.6 cm³/mol. The highest BCUT2D eigenvalue weighted by atomic mass is 32.1. The largest absolute Gasteiger partial charge is 0.474 e. The molecule has 3 nitrogen and oxygen atoms in total. The Labute approximate surface area is 86.7 Å². The summed E-state index contributed by atoms with van der Waals surface area (Å²) in [7, 11) is 0.